The number of carbonyl (C=O) groups excluding carboxylic acids is 1. The highest BCUT2D eigenvalue weighted by Gasteiger charge is 2.24. The number of benzene rings is 2. The third-order valence-electron chi connectivity index (χ3n) is 3.18. The van der Waals surface area contributed by atoms with Crippen LogP contribution >= 0.6 is 0 Å². The van der Waals surface area contributed by atoms with Crippen molar-refractivity contribution in [2.45, 2.75) is 4.90 Å². The lowest BCUT2D eigenvalue weighted by atomic mass is 10.2. The van der Waals surface area contributed by atoms with Crippen LogP contribution in [0.1, 0.15) is 10.4 Å². The van der Waals surface area contributed by atoms with Crippen molar-refractivity contribution < 1.29 is 17.9 Å². The average molecular weight is 331 g/mol. The molecule has 0 atom stereocenters. The number of nitrogens with zero attached hydrogens (tertiary/aromatic N) is 1. The maximum absolute atomic E-state index is 12.9. The molecule has 2 rings (SSSR count). The van der Waals surface area contributed by atoms with Gasteiger partial charge in [0.2, 0.25) is 0 Å². The first-order valence-electron chi connectivity index (χ1n) is 6.87. The monoisotopic (exact) mass is 331 g/mol. The number of hydrogen-bond acceptors (Lipinski definition) is 4. The molecule has 0 fully saturated rings. The van der Waals surface area contributed by atoms with Crippen molar-refractivity contribution in [2.24, 2.45) is 0 Å². The highest BCUT2D eigenvalue weighted by atomic mass is 32.2. The van der Waals surface area contributed by atoms with Gasteiger partial charge in [0, 0.05) is 0 Å². The van der Waals surface area contributed by atoms with E-state index in [9.17, 15) is 13.2 Å². The van der Waals surface area contributed by atoms with Crippen molar-refractivity contribution >= 4 is 21.7 Å². The molecule has 0 unspecified atom stereocenters. The van der Waals surface area contributed by atoms with Crippen LogP contribution in [-0.4, -0.2) is 28.0 Å². The Morgan fingerprint density at radius 3 is 2.48 bits per heavy atom. The van der Waals surface area contributed by atoms with Crippen molar-refractivity contribution in [1.29, 1.82) is 0 Å². The lowest BCUT2D eigenvalue weighted by Gasteiger charge is -2.23. The molecule has 23 heavy (non-hydrogen) atoms. The molecule has 0 radical (unpaired) electrons. The summed E-state index contributed by atoms with van der Waals surface area (Å²) in [5, 5.41) is 0. The molecule has 0 saturated carbocycles. The molecule has 0 bridgehead atoms. The Labute approximate surface area is 135 Å². The fourth-order valence-corrected chi connectivity index (χ4v) is 3.56. The zero-order valence-corrected chi connectivity index (χ0v) is 13.5. The topological polar surface area (TPSA) is 63.7 Å². The minimum Gasteiger partial charge on any atom is -0.465 e. The predicted molar refractivity (Wildman–Crippen MR) is 89.0 cm³/mol. The van der Waals surface area contributed by atoms with Crippen LogP contribution in [0.15, 0.2) is 72.1 Å². The summed E-state index contributed by atoms with van der Waals surface area (Å²) in [6, 6.07) is 14.5. The molecule has 0 aliphatic heterocycles. The number of methoxy groups -OCH3 is 1. The van der Waals surface area contributed by atoms with Gasteiger partial charge in [-0.3, -0.25) is 4.31 Å². The molecule has 5 nitrogen and oxygen atoms in total. The summed E-state index contributed by atoms with van der Waals surface area (Å²) in [4.78, 5) is 11.6. The Kier molecular flexibility index (Phi) is 5.18. The third-order valence-corrected chi connectivity index (χ3v) is 4.97. The maximum atomic E-state index is 12.9. The van der Waals surface area contributed by atoms with Crippen molar-refractivity contribution in [3.05, 3.63) is 72.8 Å². The van der Waals surface area contributed by atoms with E-state index >= 15 is 0 Å². The van der Waals surface area contributed by atoms with Crippen LogP contribution in [0.3, 0.4) is 0 Å². The smallest absolute Gasteiger partial charge is 0.337 e. The van der Waals surface area contributed by atoms with E-state index in [1.165, 1.54) is 41.8 Å². The molecule has 0 saturated heterocycles. The summed E-state index contributed by atoms with van der Waals surface area (Å²) in [5.74, 6) is -0.586. The van der Waals surface area contributed by atoms with Gasteiger partial charge in [0.15, 0.2) is 0 Å². The number of anilines is 1. The molecule has 0 aromatic heterocycles. The quantitative estimate of drug-likeness (QED) is 0.603. The first-order valence-corrected chi connectivity index (χ1v) is 8.31. The van der Waals surface area contributed by atoms with Crippen molar-refractivity contribution in [2.75, 3.05) is 18.0 Å². The standard InChI is InChI=1S/C17H17NO4S/c1-3-12-18(15-9-5-4-6-10-15)23(20,21)16-11-7-8-14(13-16)17(19)22-2/h3-11,13H,1,12H2,2H3. The SMILES string of the molecule is C=CCN(c1ccccc1)S(=O)(=O)c1cccc(C(=O)OC)c1. The molecule has 2 aromatic rings. The van der Waals surface area contributed by atoms with Crippen LogP contribution in [-0.2, 0) is 14.8 Å². The first kappa shape index (κ1) is 16.8. The zero-order valence-electron chi connectivity index (χ0n) is 12.7. The van der Waals surface area contributed by atoms with Crippen molar-refractivity contribution in [3.63, 3.8) is 0 Å². The Hall–Kier alpha value is -2.60. The van der Waals surface area contributed by atoms with Gasteiger partial charge in [0.1, 0.15) is 0 Å². The molecule has 0 heterocycles. The normalized spacial score (nSPS) is 10.8. The van der Waals surface area contributed by atoms with E-state index < -0.39 is 16.0 Å². The molecule has 0 aliphatic carbocycles. The van der Waals surface area contributed by atoms with Crippen LogP contribution in [0.5, 0.6) is 0 Å². The summed E-state index contributed by atoms with van der Waals surface area (Å²) in [7, 11) is -2.58. The summed E-state index contributed by atoms with van der Waals surface area (Å²) in [5.41, 5.74) is 0.705. The van der Waals surface area contributed by atoms with Gasteiger partial charge in [0.25, 0.3) is 10.0 Å². The number of rotatable bonds is 6. The Bertz CT molecular complexity index is 800. The highest BCUT2D eigenvalue weighted by Crippen LogP contribution is 2.24. The second-order valence-electron chi connectivity index (χ2n) is 4.68. The second kappa shape index (κ2) is 7.11. The molecule has 6 heteroatoms. The second-order valence-corrected chi connectivity index (χ2v) is 6.54. The number of para-hydroxylation sites is 1. The van der Waals surface area contributed by atoms with Crippen molar-refractivity contribution in [1.82, 2.24) is 0 Å². The summed E-state index contributed by atoms with van der Waals surface area (Å²) < 4.78 is 31.7. The van der Waals surface area contributed by atoms with E-state index in [-0.39, 0.29) is 17.0 Å². The van der Waals surface area contributed by atoms with Crippen LogP contribution in [0.4, 0.5) is 5.69 Å². The van der Waals surface area contributed by atoms with Gasteiger partial charge in [-0.2, -0.15) is 0 Å². The summed E-state index contributed by atoms with van der Waals surface area (Å²) in [6.07, 6.45) is 1.51. The highest BCUT2D eigenvalue weighted by molar-refractivity contribution is 7.92. The van der Waals surface area contributed by atoms with Gasteiger partial charge >= 0.3 is 5.97 Å². The molecule has 0 N–H and O–H groups in total. The molecule has 2 aromatic carbocycles. The largest absolute Gasteiger partial charge is 0.465 e. The minimum absolute atomic E-state index is 0.0195. The van der Waals surface area contributed by atoms with Gasteiger partial charge < -0.3 is 4.74 Å². The number of hydrogen-bond donors (Lipinski definition) is 0. The minimum atomic E-state index is -3.83. The molecule has 120 valence electrons. The van der Waals surface area contributed by atoms with Gasteiger partial charge in [-0.15, -0.1) is 6.58 Å². The van der Waals surface area contributed by atoms with Crippen LogP contribution in [0.25, 0.3) is 0 Å². The Morgan fingerprint density at radius 2 is 1.87 bits per heavy atom. The summed E-state index contributed by atoms with van der Waals surface area (Å²) in [6.45, 7) is 3.73. The lowest BCUT2D eigenvalue weighted by molar-refractivity contribution is 0.0600. The van der Waals surface area contributed by atoms with E-state index in [4.69, 9.17) is 0 Å². The van der Waals surface area contributed by atoms with Crippen molar-refractivity contribution in [3.8, 4) is 0 Å². The number of carbonyl (C=O) groups is 1. The molecule has 0 spiro atoms. The van der Waals surface area contributed by atoms with Crippen LogP contribution in [0, 0.1) is 0 Å². The Balaban J connectivity index is 2.50. The average Bonchev–Trinajstić information content (AvgIpc) is 2.59. The predicted octanol–water partition coefficient (Wildman–Crippen LogP) is 2.85. The van der Waals surface area contributed by atoms with Crippen LogP contribution < -0.4 is 4.31 Å². The van der Waals surface area contributed by atoms with E-state index in [2.05, 4.69) is 11.3 Å². The van der Waals surface area contributed by atoms with Gasteiger partial charge in [-0.05, 0) is 30.3 Å². The van der Waals surface area contributed by atoms with E-state index in [0.717, 1.165) is 0 Å². The molecular formula is C17H17NO4S. The van der Waals surface area contributed by atoms with E-state index in [0.29, 0.717) is 5.69 Å². The molecule has 0 aliphatic rings. The lowest BCUT2D eigenvalue weighted by Crippen LogP contribution is -2.31. The maximum Gasteiger partial charge on any atom is 0.337 e. The Morgan fingerprint density at radius 1 is 1.17 bits per heavy atom. The fraction of sp³-hybridized carbons (Fsp3) is 0.118. The van der Waals surface area contributed by atoms with Gasteiger partial charge in [0.05, 0.1) is 29.8 Å². The molecule has 0 amide bonds. The third kappa shape index (κ3) is 3.60. The first-order chi connectivity index (χ1) is 11.0. The fourth-order valence-electron chi connectivity index (χ4n) is 2.08. The van der Waals surface area contributed by atoms with E-state index in [1.807, 2.05) is 0 Å². The van der Waals surface area contributed by atoms with Gasteiger partial charge in [-0.25, -0.2) is 13.2 Å². The zero-order chi connectivity index (χ0) is 16.9. The number of esters is 1. The van der Waals surface area contributed by atoms with Crippen LogP contribution in [0.2, 0.25) is 0 Å². The van der Waals surface area contributed by atoms with Gasteiger partial charge in [-0.1, -0.05) is 30.3 Å². The number of ether oxygens (including phenoxy) is 1. The molecular weight excluding hydrogens is 314 g/mol. The number of sulfonamides is 1. The summed E-state index contributed by atoms with van der Waals surface area (Å²) >= 11 is 0. The van der Waals surface area contributed by atoms with E-state index in [1.54, 1.807) is 30.3 Å².